The van der Waals surface area contributed by atoms with Gasteiger partial charge in [-0.2, -0.15) is 0 Å². The number of nitrogens with one attached hydrogen (secondary N) is 1. The van der Waals surface area contributed by atoms with Crippen LogP contribution in [-0.2, 0) is 4.74 Å². The molecule has 0 amide bonds. The Morgan fingerprint density at radius 1 is 1.26 bits per heavy atom. The predicted molar refractivity (Wildman–Crippen MR) is 75.1 cm³/mol. The van der Waals surface area contributed by atoms with Gasteiger partial charge in [0.1, 0.15) is 11.6 Å². The lowest BCUT2D eigenvalue weighted by Crippen LogP contribution is -2.27. The van der Waals surface area contributed by atoms with Gasteiger partial charge >= 0.3 is 0 Å². The molecule has 1 aromatic rings. The average Bonchev–Trinajstić information content (AvgIpc) is 2.42. The first-order valence-electron chi connectivity index (χ1n) is 6.87. The largest absolute Gasteiger partial charge is 0.496 e. The lowest BCUT2D eigenvalue weighted by Gasteiger charge is -2.21. The molecule has 1 rings (SSSR count). The fourth-order valence-corrected chi connectivity index (χ4v) is 1.90. The third-order valence-electron chi connectivity index (χ3n) is 2.84. The van der Waals surface area contributed by atoms with Crippen molar-refractivity contribution < 1.29 is 13.9 Å². The van der Waals surface area contributed by atoms with E-state index >= 15 is 0 Å². The third kappa shape index (κ3) is 5.17. The Hall–Kier alpha value is -1.13. The molecule has 0 aliphatic rings. The summed E-state index contributed by atoms with van der Waals surface area (Å²) in [5.74, 6) is 0.435. The molecule has 0 spiro atoms. The van der Waals surface area contributed by atoms with Crippen LogP contribution in [0.1, 0.15) is 38.3 Å². The van der Waals surface area contributed by atoms with Crippen molar-refractivity contribution >= 4 is 0 Å². The van der Waals surface area contributed by atoms with E-state index in [0.29, 0.717) is 19.0 Å². The second-order valence-electron chi connectivity index (χ2n) is 4.47. The fraction of sp³-hybridized carbons (Fsp3) is 0.600. The lowest BCUT2D eigenvalue weighted by atomic mass is 10.1. The SMILES string of the molecule is CCCNC(COCCC)c1cc(F)ccc1OC. The molecule has 0 saturated heterocycles. The van der Waals surface area contributed by atoms with Gasteiger partial charge in [0.2, 0.25) is 0 Å². The van der Waals surface area contributed by atoms with Crippen LogP contribution in [0.25, 0.3) is 0 Å². The minimum Gasteiger partial charge on any atom is -0.496 e. The Labute approximate surface area is 115 Å². The summed E-state index contributed by atoms with van der Waals surface area (Å²) in [7, 11) is 1.60. The summed E-state index contributed by atoms with van der Waals surface area (Å²) in [5.41, 5.74) is 0.812. The lowest BCUT2D eigenvalue weighted by molar-refractivity contribution is 0.111. The molecule has 4 heteroatoms. The molecule has 19 heavy (non-hydrogen) atoms. The maximum Gasteiger partial charge on any atom is 0.123 e. The van der Waals surface area contributed by atoms with Crippen LogP contribution < -0.4 is 10.1 Å². The van der Waals surface area contributed by atoms with E-state index in [9.17, 15) is 4.39 Å². The summed E-state index contributed by atoms with van der Waals surface area (Å²) in [6.45, 7) is 6.26. The van der Waals surface area contributed by atoms with Gasteiger partial charge in [-0.25, -0.2) is 4.39 Å². The maximum absolute atomic E-state index is 13.4. The van der Waals surface area contributed by atoms with Gasteiger partial charge in [0.05, 0.1) is 19.8 Å². The van der Waals surface area contributed by atoms with Crippen LogP contribution >= 0.6 is 0 Å². The molecular weight excluding hydrogens is 245 g/mol. The highest BCUT2D eigenvalue weighted by atomic mass is 19.1. The molecule has 1 atom stereocenters. The zero-order valence-electron chi connectivity index (χ0n) is 12.0. The van der Waals surface area contributed by atoms with E-state index in [1.807, 2.05) is 0 Å². The summed E-state index contributed by atoms with van der Waals surface area (Å²) in [5, 5.41) is 3.37. The van der Waals surface area contributed by atoms with Gasteiger partial charge in [0, 0.05) is 12.2 Å². The van der Waals surface area contributed by atoms with Gasteiger partial charge < -0.3 is 14.8 Å². The standard InChI is InChI=1S/C15H24FNO2/c1-4-8-17-14(11-19-9-5-2)13-10-12(16)6-7-15(13)18-3/h6-7,10,14,17H,4-5,8-9,11H2,1-3H3. The summed E-state index contributed by atoms with van der Waals surface area (Å²) in [6, 6.07) is 4.54. The molecule has 0 fully saturated rings. The summed E-state index contributed by atoms with van der Waals surface area (Å²) >= 11 is 0. The Bertz CT molecular complexity index is 371. The average molecular weight is 269 g/mol. The molecule has 1 unspecified atom stereocenters. The van der Waals surface area contributed by atoms with E-state index in [-0.39, 0.29) is 11.9 Å². The minimum atomic E-state index is -0.255. The molecule has 0 heterocycles. The van der Waals surface area contributed by atoms with Gasteiger partial charge in [0.15, 0.2) is 0 Å². The van der Waals surface area contributed by atoms with Crippen LogP contribution in [0.4, 0.5) is 4.39 Å². The van der Waals surface area contributed by atoms with Crippen LogP contribution in [-0.4, -0.2) is 26.9 Å². The summed E-state index contributed by atoms with van der Waals surface area (Å²) in [4.78, 5) is 0. The first kappa shape index (κ1) is 15.9. The summed E-state index contributed by atoms with van der Waals surface area (Å²) in [6.07, 6.45) is 1.99. The van der Waals surface area contributed by atoms with Crippen molar-refractivity contribution in [1.82, 2.24) is 5.32 Å². The molecule has 108 valence electrons. The highest BCUT2D eigenvalue weighted by molar-refractivity contribution is 5.36. The van der Waals surface area contributed by atoms with Crippen LogP contribution in [0.5, 0.6) is 5.75 Å². The summed E-state index contributed by atoms with van der Waals surface area (Å²) < 4.78 is 24.3. The van der Waals surface area contributed by atoms with Crippen molar-refractivity contribution in [3.63, 3.8) is 0 Å². The number of hydrogen-bond donors (Lipinski definition) is 1. The molecule has 0 aromatic heterocycles. The molecule has 1 aromatic carbocycles. The first-order chi connectivity index (χ1) is 9.22. The maximum atomic E-state index is 13.4. The zero-order chi connectivity index (χ0) is 14.1. The van der Waals surface area contributed by atoms with Crippen LogP contribution in [0, 0.1) is 5.82 Å². The number of ether oxygens (including phenoxy) is 2. The van der Waals surface area contributed by atoms with Gasteiger partial charge in [-0.3, -0.25) is 0 Å². The van der Waals surface area contributed by atoms with E-state index < -0.39 is 0 Å². The third-order valence-corrected chi connectivity index (χ3v) is 2.84. The van der Waals surface area contributed by atoms with Crippen molar-refractivity contribution in [2.75, 3.05) is 26.9 Å². The van der Waals surface area contributed by atoms with Crippen LogP contribution in [0.2, 0.25) is 0 Å². The number of halogens is 1. The van der Waals surface area contributed by atoms with Gasteiger partial charge in [0.25, 0.3) is 0 Å². The van der Waals surface area contributed by atoms with Crippen LogP contribution in [0.15, 0.2) is 18.2 Å². The molecule has 3 nitrogen and oxygen atoms in total. The van der Waals surface area contributed by atoms with E-state index in [1.54, 1.807) is 13.2 Å². The number of rotatable bonds is 9. The topological polar surface area (TPSA) is 30.5 Å². The van der Waals surface area contributed by atoms with Crippen molar-refractivity contribution in [1.29, 1.82) is 0 Å². The van der Waals surface area contributed by atoms with Crippen molar-refractivity contribution in [2.45, 2.75) is 32.7 Å². The molecule has 0 bridgehead atoms. The van der Waals surface area contributed by atoms with Crippen molar-refractivity contribution in [3.8, 4) is 5.75 Å². The molecule has 0 saturated carbocycles. The normalized spacial score (nSPS) is 12.4. The molecule has 0 radical (unpaired) electrons. The van der Waals surface area contributed by atoms with Crippen LogP contribution in [0.3, 0.4) is 0 Å². The van der Waals surface area contributed by atoms with Gasteiger partial charge in [-0.05, 0) is 37.6 Å². The highest BCUT2D eigenvalue weighted by Gasteiger charge is 2.16. The highest BCUT2D eigenvalue weighted by Crippen LogP contribution is 2.26. The van der Waals surface area contributed by atoms with Gasteiger partial charge in [-0.15, -0.1) is 0 Å². The monoisotopic (exact) mass is 269 g/mol. The predicted octanol–water partition coefficient (Wildman–Crippen LogP) is 3.30. The number of methoxy groups -OCH3 is 1. The van der Waals surface area contributed by atoms with E-state index in [1.165, 1.54) is 12.1 Å². The van der Waals surface area contributed by atoms with Crippen molar-refractivity contribution in [2.24, 2.45) is 0 Å². The van der Waals surface area contributed by atoms with E-state index in [0.717, 1.165) is 24.9 Å². The zero-order valence-corrected chi connectivity index (χ0v) is 12.0. The Morgan fingerprint density at radius 2 is 2.05 bits per heavy atom. The number of hydrogen-bond acceptors (Lipinski definition) is 3. The minimum absolute atomic E-state index is 0.0443. The molecule has 0 aliphatic carbocycles. The molecule has 1 N–H and O–H groups in total. The fourth-order valence-electron chi connectivity index (χ4n) is 1.90. The Kier molecular flexibility index (Phi) is 7.45. The quantitative estimate of drug-likeness (QED) is 0.698. The molecular formula is C15H24FNO2. The Morgan fingerprint density at radius 3 is 2.68 bits per heavy atom. The van der Waals surface area contributed by atoms with E-state index in [2.05, 4.69) is 19.2 Å². The Balaban J connectivity index is 2.84. The van der Waals surface area contributed by atoms with Gasteiger partial charge in [-0.1, -0.05) is 13.8 Å². The first-order valence-corrected chi connectivity index (χ1v) is 6.87. The van der Waals surface area contributed by atoms with E-state index in [4.69, 9.17) is 9.47 Å². The van der Waals surface area contributed by atoms with Crippen molar-refractivity contribution in [3.05, 3.63) is 29.6 Å². The second-order valence-corrected chi connectivity index (χ2v) is 4.47. The molecule has 0 aliphatic heterocycles. The second kappa shape index (κ2) is 8.88. The smallest absolute Gasteiger partial charge is 0.123 e. The number of benzene rings is 1.